The lowest BCUT2D eigenvalue weighted by Gasteiger charge is -2.12. The molecule has 2 bridgehead atoms. The molecular formula is C5H7N9. The molecule has 3 N–H and O–H groups in total. The molecule has 2 heterocycles. The molecule has 1 aliphatic rings. The van der Waals surface area contributed by atoms with Crippen LogP contribution in [0.1, 0.15) is 0 Å². The van der Waals surface area contributed by atoms with Crippen molar-refractivity contribution < 1.29 is 0 Å². The average molecular weight is 193 g/mol. The van der Waals surface area contributed by atoms with Crippen molar-refractivity contribution >= 4 is 17.9 Å². The molecule has 0 saturated carbocycles. The summed E-state index contributed by atoms with van der Waals surface area (Å²) in [6, 6.07) is 0. The normalized spacial score (nSPS) is 12.5. The van der Waals surface area contributed by atoms with Gasteiger partial charge in [0.25, 0.3) is 5.95 Å². The van der Waals surface area contributed by atoms with Crippen LogP contribution in [0.3, 0.4) is 0 Å². The van der Waals surface area contributed by atoms with Gasteiger partial charge < -0.3 is 5.73 Å². The van der Waals surface area contributed by atoms with Crippen LogP contribution in [0.15, 0.2) is 11.3 Å². The SMILES string of the molecule is Cn1c2nnncnnc1NC(N)=N2. The number of nitrogens with zero attached hydrogens (tertiary/aromatic N) is 7. The van der Waals surface area contributed by atoms with E-state index in [0.717, 1.165) is 0 Å². The van der Waals surface area contributed by atoms with Crippen LogP contribution in [0.2, 0.25) is 0 Å². The number of guanidine groups is 1. The summed E-state index contributed by atoms with van der Waals surface area (Å²) >= 11 is 0. The van der Waals surface area contributed by atoms with Gasteiger partial charge in [-0.15, -0.1) is 15.3 Å². The molecule has 1 aliphatic heterocycles. The van der Waals surface area contributed by atoms with Crippen LogP contribution < -0.4 is 11.1 Å². The van der Waals surface area contributed by atoms with Crippen molar-refractivity contribution in [1.29, 1.82) is 0 Å². The van der Waals surface area contributed by atoms with E-state index >= 15 is 0 Å². The molecular weight excluding hydrogens is 186 g/mol. The molecule has 2 rings (SSSR count). The molecule has 9 heteroatoms. The van der Waals surface area contributed by atoms with Crippen LogP contribution >= 0.6 is 0 Å². The number of hydrogen-bond donors (Lipinski definition) is 2. The van der Waals surface area contributed by atoms with Crippen molar-refractivity contribution in [3.8, 4) is 0 Å². The van der Waals surface area contributed by atoms with Crippen molar-refractivity contribution in [2.75, 3.05) is 5.32 Å². The number of aliphatic imine (C=N–C) groups is 1. The number of anilines is 1. The summed E-state index contributed by atoms with van der Waals surface area (Å²) in [7, 11) is 1.71. The van der Waals surface area contributed by atoms with Crippen molar-refractivity contribution in [3.05, 3.63) is 6.33 Å². The lowest BCUT2D eigenvalue weighted by atomic mass is 10.7. The van der Waals surface area contributed by atoms with E-state index in [-0.39, 0.29) is 5.96 Å². The van der Waals surface area contributed by atoms with E-state index in [2.05, 4.69) is 35.9 Å². The second kappa shape index (κ2) is 3.20. The summed E-state index contributed by atoms with van der Waals surface area (Å²) in [5.41, 5.74) is 5.49. The third-order valence-electron chi connectivity index (χ3n) is 1.52. The van der Waals surface area contributed by atoms with Gasteiger partial charge in [0, 0.05) is 7.05 Å². The summed E-state index contributed by atoms with van der Waals surface area (Å²) < 4.78 is 1.55. The second-order valence-corrected chi connectivity index (χ2v) is 2.44. The van der Waals surface area contributed by atoms with Gasteiger partial charge in [-0.1, -0.05) is 5.10 Å². The molecule has 0 fully saturated rings. The van der Waals surface area contributed by atoms with Crippen molar-refractivity contribution in [1.82, 2.24) is 30.2 Å². The Morgan fingerprint density at radius 3 is 3.07 bits per heavy atom. The Morgan fingerprint density at radius 2 is 2.21 bits per heavy atom. The number of nitrogens with one attached hydrogen (secondary N) is 1. The number of fused-ring (bicyclic) bond motifs is 2. The number of hydrogen-bond acceptors (Lipinski definition) is 8. The van der Waals surface area contributed by atoms with Gasteiger partial charge in [0.15, 0.2) is 6.33 Å². The predicted molar refractivity (Wildman–Crippen MR) is 46.9 cm³/mol. The summed E-state index contributed by atoms with van der Waals surface area (Å²) in [4.78, 5) is 3.90. The van der Waals surface area contributed by atoms with E-state index < -0.39 is 0 Å². The molecule has 0 radical (unpaired) electrons. The quantitative estimate of drug-likeness (QED) is 0.514. The minimum Gasteiger partial charge on any atom is -0.369 e. The fourth-order valence-electron chi connectivity index (χ4n) is 0.878. The van der Waals surface area contributed by atoms with Crippen LogP contribution in [0.5, 0.6) is 0 Å². The number of nitrogens with two attached hydrogens (primary N) is 1. The Balaban J connectivity index is 2.73. The lowest BCUT2D eigenvalue weighted by Crippen LogP contribution is -2.28. The van der Waals surface area contributed by atoms with Gasteiger partial charge in [0.2, 0.25) is 11.9 Å². The first-order chi connectivity index (χ1) is 6.77. The first kappa shape index (κ1) is 8.29. The highest BCUT2D eigenvalue weighted by molar-refractivity contribution is 5.93. The smallest absolute Gasteiger partial charge is 0.256 e. The van der Waals surface area contributed by atoms with Gasteiger partial charge in [0.1, 0.15) is 0 Å². The van der Waals surface area contributed by atoms with Gasteiger partial charge in [-0.25, -0.2) is 0 Å². The summed E-state index contributed by atoms with van der Waals surface area (Å²) in [6.45, 7) is 0. The molecule has 0 aromatic carbocycles. The van der Waals surface area contributed by atoms with Crippen LogP contribution in [0.4, 0.5) is 11.9 Å². The largest absolute Gasteiger partial charge is 0.369 e. The second-order valence-electron chi connectivity index (χ2n) is 2.44. The van der Waals surface area contributed by atoms with Crippen LogP contribution in [0, 0.1) is 0 Å². The van der Waals surface area contributed by atoms with E-state index in [1.807, 2.05) is 0 Å². The predicted octanol–water partition coefficient (Wildman–Crippen LogP) is -1.50. The summed E-state index contributed by atoms with van der Waals surface area (Å²) in [5, 5.41) is 20.8. The van der Waals surface area contributed by atoms with Gasteiger partial charge in [-0.2, -0.15) is 4.99 Å². The average Bonchev–Trinajstić information content (AvgIpc) is 2.23. The van der Waals surface area contributed by atoms with Gasteiger partial charge in [0.05, 0.1) is 0 Å². The maximum Gasteiger partial charge on any atom is 0.256 e. The fraction of sp³-hybridized carbons (Fsp3) is 0.200. The van der Waals surface area contributed by atoms with Gasteiger partial charge in [-0.05, 0) is 5.21 Å². The Kier molecular flexibility index (Phi) is 1.89. The van der Waals surface area contributed by atoms with Crippen molar-refractivity contribution in [3.63, 3.8) is 0 Å². The van der Waals surface area contributed by atoms with E-state index in [0.29, 0.717) is 11.9 Å². The fourth-order valence-corrected chi connectivity index (χ4v) is 0.878. The first-order valence-electron chi connectivity index (χ1n) is 3.69. The van der Waals surface area contributed by atoms with Crippen molar-refractivity contribution in [2.45, 2.75) is 0 Å². The van der Waals surface area contributed by atoms with Crippen LogP contribution in [0.25, 0.3) is 0 Å². The Morgan fingerprint density at radius 1 is 1.36 bits per heavy atom. The monoisotopic (exact) mass is 193 g/mol. The van der Waals surface area contributed by atoms with Crippen LogP contribution in [-0.4, -0.2) is 36.1 Å². The highest BCUT2D eigenvalue weighted by Gasteiger charge is 2.09. The van der Waals surface area contributed by atoms with Gasteiger partial charge in [-0.3, -0.25) is 9.88 Å². The molecule has 0 atom stereocenters. The maximum atomic E-state index is 5.49. The maximum absolute atomic E-state index is 5.49. The molecule has 14 heavy (non-hydrogen) atoms. The molecule has 0 aliphatic carbocycles. The molecule has 0 unspecified atom stereocenters. The van der Waals surface area contributed by atoms with Crippen molar-refractivity contribution in [2.24, 2.45) is 17.8 Å². The highest BCUT2D eigenvalue weighted by atomic mass is 15.4. The lowest BCUT2D eigenvalue weighted by molar-refractivity contribution is 0.799. The zero-order valence-electron chi connectivity index (χ0n) is 7.29. The van der Waals surface area contributed by atoms with E-state index in [9.17, 15) is 0 Å². The first-order valence-corrected chi connectivity index (χ1v) is 3.69. The van der Waals surface area contributed by atoms with Crippen LogP contribution in [-0.2, 0) is 7.05 Å². The number of aromatic nitrogens is 6. The zero-order valence-corrected chi connectivity index (χ0v) is 7.29. The third-order valence-corrected chi connectivity index (χ3v) is 1.52. The summed E-state index contributed by atoms with van der Waals surface area (Å²) in [5.74, 6) is 0.905. The Hall–Kier alpha value is -2.32. The van der Waals surface area contributed by atoms with E-state index in [4.69, 9.17) is 5.73 Å². The van der Waals surface area contributed by atoms with E-state index in [1.165, 1.54) is 6.33 Å². The molecule has 0 amide bonds. The molecule has 0 saturated heterocycles. The summed E-state index contributed by atoms with van der Waals surface area (Å²) in [6.07, 6.45) is 1.17. The molecule has 72 valence electrons. The Bertz CT molecular complexity index is 431. The third kappa shape index (κ3) is 1.42. The highest BCUT2D eigenvalue weighted by Crippen LogP contribution is 2.11. The molecule has 9 nitrogen and oxygen atoms in total. The minimum atomic E-state index is 0.188. The number of rotatable bonds is 0. The minimum absolute atomic E-state index is 0.188. The molecule has 0 spiro atoms. The standard InChI is InChI=1S/C5H7N9/c1-14-4-9-3(6)10-5(14)12-13-8-2-7-11-4/h2H,1H3,(H3,6,7,8,9,10,11,12). The molecule has 1 aromatic heterocycles. The topological polar surface area (TPSA) is 120 Å². The van der Waals surface area contributed by atoms with Gasteiger partial charge >= 0.3 is 0 Å². The van der Waals surface area contributed by atoms with E-state index in [1.54, 1.807) is 11.6 Å². The zero-order chi connectivity index (χ0) is 9.97. The Labute approximate surface area is 78.4 Å². The molecule has 1 aromatic rings.